The van der Waals surface area contributed by atoms with E-state index in [1.807, 2.05) is 0 Å². The second-order valence-corrected chi connectivity index (χ2v) is 9.55. The molecule has 0 unspecified atom stereocenters. The number of fused-ring (bicyclic) bond motifs is 1. The van der Waals surface area contributed by atoms with E-state index >= 15 is 0 Å². The summed E-state index contributed by atoms with van der Waals surface area (Å²) in [5.41, 5.74) is 2.11. The van der Waals surface area contributed by atoms with Crippen molar-refractivity contribution in [3.05, 3.63) is 102 Å². The fraction of sp³-hybridized carbons (Fsp3) is 0.0690. The quantitative estimate of drug-likeness (QED) is 0.199. The van der Waals surface area contributed by atoms with Crippen molar-refractivity contribution in [2.75, 3.05) is 29.2 Å². The van der Waals surface area contributed by atoms with Crippen LogP contribution in [0.5, 0.6) is 11.5 Å². The van der Waals surface area contributed by atoms with Crippen molar-refractivity contribution in [3.8, 4) is 11.5 Å². The van der Waals surface area contributed by atoms with Gasteiger partial charge in [-0.2, -0.15) is 0 Å². The highest BCUT2D eigenvalue weighted by atomic mass is 32.2. The maximum atomic E-state index is 13.6. The summed E-state index contributed by atoms with van der Waals surface area (Å²) in [5, 5.41) is 5.82. The molecule has 208 valence electrons. The number of amides is 1. The van der Waals surface area contributed by atoms with Crippen molar-refractivity contribution in [2.45, 2.75) is 0 Å². The minimum atomic E-state index is -3.28. The summed E-state index contributed by atoms with van der Waals surface area (Å²) in [6.45, 7) is 0. The first-order valence-corrected chi connectivity index (χ1v) is 13.4. The Kier molecular flexibility index (Phi) is 7.92. The highest BCUT2D eigenvalue weighted by Crippen LogP contribution is 2.35. The standard InChI is InChI=1S/C29H24FN5O5S/c1-39-23-15-21(16-24(17-23)40-2)31-27-28(34-26-12-4-3-11-25(26)33-27)35(41(37)38)22-10-6-9-20(14-22)32-29(36)18-7-5-8-19(30)13-18/h3-17,41H,1-2H3,(H,31,33)(H,32,36). The number of nitrogens with zero attached hydrogens (tertiary/aromatic N) is 3. The van der Waals surface area contributed by atoms with E-state index in [0.29, 0.717) is 33.9 Å². The van der Waals surface area contributed by atoms with Gasteiger partial charge in [0.05, 0.1) is 30.9 Å². The van der Waals surface area contributed by atoms with Gasteiger partial charge >= 0.3 is 0 Å². The smallest absolute Gasteiger partial charge is 0.255 e. The van der Waals surface area contributed by atoms with Gasteiger partial charge in [-0.3, -0.25) is 4.79 Å². The molecular weight excluding hydrogens is 549 g/mol. The van der Waals surface area contributed by atoms with Crippen molar-refractivity contribution >= 4 is 56.5 Å². The zero-order valence-electron chi connectivity index (χ0n) is 21.9. The van der Waals surface area contributed by atoms with Crippen molar-refractivity contribution in [2.24, 2.45) is 0 Å². The first-order valence-electron chi connectivity index (χ1n) is 12.2. The first-order chi connectivity index (χ1) is 19.8. The number of rotatable bonds is 9. The lowest BCUT2D eigenvalue weighted by molar-refractivity contribution is 0.102. The van der Waals surface area contributed by atoms with E-state index in [2.05, 4.69) is 20.6 Å². The van der Waals surface area contributed by atoms with Crippen molar-refractivity contribution in [1.82, 2.24) is 9.97 Å². The average molecular weight is 574 g/mol. The van der Waals surface area contributed by atoms with Crippen LogP contribution in [0.3, 0.4) is 0 Å². The van der Waals surface area contributed by atoms with Crippen LogP contribution in [0.2, 0.25) is 0 Å². The average Bonchev–Trinajstić information content (AvgIpc) is 2.97. The molecule has 1 heterocycles. The topological polar surface area (TPSA) is 123 Å². The second-order valence-electron chi connectivity index (χ2n) is 8.68. The van der Waals surface area contributed by atoms with E-state index in [-0.39, 0.29) is 22.9 Å². The third kappa shape index (κ3) is 6.17. The summed E-state index contributed by atoms with van der Waals surface area (Å²) < 4.78 is 50.8. The van der Waals surface area contributed by atoms with Gasteiger partial charge in [0.1, 0.15) is 17.3 Å². The van der Waals surface area contributed by atoms with E-state index in [1.54, 1.807) is 60.7 Å². The zero-order valence-corrected chi connectivity index (χ0v) is 22.8. The molecule has 0 aliphatic heterocycles. The van der Waals surface area contributed by atoms with E-state index in [9.17, 15) is 17.6 Å². The number of ether oxygens (including phenoxy) is 2. The van der Waals surface area contributed by atoms with Gasteiger partial charge in [0.2, 0.25) is 10.9 Å². The molecule has 0 radical (unpaired) electrons. The van der Waals surface area contributed by atoms with E-state index < -0.39 is 22.6 Å². The van der Waals surface area contributed by atoms with Gasteiger partial charge in [0, 0.05) is 35.1 Å². The van der Waals surface area contributed by atoms with Gasteiger partial charge in [-0.15, -0.1) is 0 Å². The number of anilines is 5. The minimum Gasteiger partial charge on any atom is -0.497 e. The number of carbonyl (C=O) groups excluding carboxylic acids is 1. The molecule has 0 atom stereocenters. The molecular formula is C29H24FN5O5S. The van der Waals surface area contributed by atoms with Crippen LogP contribution in [0.4, 0.5) is 33.1 Å². The van der Waals surface area contributed by atoms with Gasteiger partial charge in [-0.05, 0) is 48.5 Å². The molecule has 5 aromatic rings. The summed E-state index contributed by atoms with van der Waals surface area (Å²) in [6.07, 6.45) is 0. The predicted molar refractivity (Wildman–Crippen MR) is 156 cm³/mol. The Balaban J connectivity index is 1.57. The molecule has 41 heavy (non-hydrogen) atoms. The highest BCUT2D eigenvalue weighted by Gasteiger charge is 2.22. The maximum Gasteiger partial charge on any atom is 0.255 e. The van der Waals surface area contributed by atoms with Gasteiger partial charge in [-0.25, -0.2) is 27.1 Å². The Bertz CT molecular complexity index is 1800. The second kappa shape index (κ2) is 11.9. The number of nitrogens with one attached hydrogen (secondary N) is 2. The van der Waals surface area contributed by atoms with E-state index in [4.69, 9.17) is 9.47 Å². The summed E-state index contributed by atoms with van der Waals surface area (Å²) in [6, 6.07) is 23.6. The molecule has 0 fully saturated rings. The zero-order chi connectivity index (χ0) is 28.9. The summed E-state index contributed by atoms with van der Waals surface area (Å²) in [4.78, 5) is 22.0. The monoisotopic (exact) mass is 573 g/mol. The molecule has 2 N–H and O–H groups in total. The Morgan fingerprint density at radius 1 is 0.805 bits per heavy atom. The lowest BCUT2D eigenvalue weighted by Crippen LogP contribution is -2.19. The highest BCUT2D eigenvalue weighted by molar-refractivity contribution is 7.74. The van der Waals surface area contributed by atoms with Crippen LogP contribution in [0.25, 0.3) is 11.0 Å². The van der Waals surface area contributed by atoms with Crippen molar-refractivity contribution in [1.29, 1.82) is 0 Å². The molecule has 0 bridgehead atoms. The summed E-state index contributed by atoms with van der Waals surface area (Å²) in [5.74, 6) is 0.0536. The number of carbonyl (C=O) groups is 1. The number of thiol groups is 1. The van der Waals surface area contributed by atoms with Crippen LogP contribution in [0.1, 0.15) is 10.4 Å². The first kappa shape index (κ1) is 27.3. The van der Waals surface area contributed by atoms with E-state index in [0.717, 1.165) is 10.4 Å². The number of methoxy groups -OCH3 is 2. The van der Waals surface area contributed by atoms with Crippen LogP contribution < -0.4 is 24.4 Å². The fourth-order valence-corrected chi connectivity index (χ4v) is 4.69. The Morgan fingerprint density at radius 2 is 1.49 bits per heavy atom. The summed E-state index contributed by atoms with van der Waals surface area (Å²) in [7, 11) is -0.248. The van der Waals surface area contributed by atoms with E-state index in [1.165, 1.54) is 38.5 Å². The van der Waals surface area contributed by atoms with Crippen molar-refractivity contribution < 1.29 is 27.1 Å². The van der Waals surface area contributed by atoms with Gasteiger partial charge in [0.15, 0.2) is 11.6 Å². The molecule has 12 heteroatoms. The van der Waals surface area contributed by atoms with Gasteiger partial charge in [0.25, 0.3) is 5.91 Å². The maximum absolute atomic E-state index is 13.6. The molecule has 10 nitrogen and oxygen atoms in total. The summed E-state index contributed by atoms with van der Waals surface area (Å²) >= 11 is 0. The Hall–Kier alpha value is -5.23. The van der Waals surface area contributed by atoms with Crippen LogP contribution in [-0.4, -0.2) is 38.5 Å². The molecule has 0 aliphatic carbocycles. The van der Waals surface area contributed by atoms with Crippen LogP contribution in [0, 0.1) is 5.82 Å². The third-order valence-corrected chi connectivity index (χ3v) is 6.71. The molecule has 0 saturated heterocycles. The molecule has 5 rings (SSSR count). The lowest BCUT2D eigenvalue weighted by Gasteiger charge is -2.21. The number of hydrogen-bond acceptors (Lipinski definition) is 8. The molecule has 0 spiro atoms. The number of halogens is 1. The van der Waals surface area contributed by atoms with Gasteiger partial charge in [-0.1, -0.05) is 24.3 Å². The Morgan fingerprint density at radius 3 is 2.15 bits per heavy atom. The lowest BCUT2D eigenvalue weighted by atomic mass is 10.2. The van der Waals surface area contributed by atoms with Crippen molar-refractivity contribution in [3.63, 3.8) is 0 Å². The van der Waals surface area contributed by atoms with Crippen LogP contribution >= 0.6 is 0 Å². The largest absolute Gasteiger partial charge is 0.497 e. The van der Waals surface area contributed by atoms with Gasteiger partial charge < -0.3 is 20.1 Å². The third-order valence-electron chi connectivity index (χ3n) is 5.97. The molecule has 1 amide bonds. The Labute approximate surface area is 236 Å². The number of para-hydroxylation sites is 2. The number of benzene rings is 4. The normalized spacial score (nSPS) is 10.8. The van der Waals surface area contributed by atoms with Crippen LogP contribution in [0.15, 0.2) is 91.0 Å². The number of aromatic nitrogens is 2. The number of hydrogen-bond donors (Lipinski definition) is 3. The molecule has 0 saturated carbocycles. The molecule has 4 aromatic carbocycles. The molecule has 0 aliphatic rings. The minimum absolute atomic E-state index is 0.00444. The SMILES string of the molecule is COc1cc(Nc2nc3ccccc3nc2N(c2cccc(NC(=O)c3cccc(F)c3)c2)[SH](=O)=O)cc(OC)c1. The predicted octanol–water partition coefficient (Wildman–Crippen LogP) is 5.45. The fourth-order valence-electron chi connectivity index (χ4n) is 4.08. The molecule has 1 aromatic heterocycles. The van der Waals surface area contributed by atoms with Crippen LogP contribution in [-0.2, 0) is 10.9 Å².